The maximum Gasteiger partial charge on any atom is 0.270 e. The summed E-state index contributed by atoms with van der Waals surface area (Å²) in [6, 6.07) is 14.1. The maximum atomic E-state index is 13.3. The van der Waals surface area contributed by atoms with E-state index in [1.54, 1.807) is 42.4 Å². The van der Waals surface area contributed by atoms with Gasteiger partial charge in [-0.15, -0.1) is 0 Å². The van der Waals surface area contributed by atoms with Crippen molar-refractivity contribution in [1.29, 1.82) is 0 Å². The number of nitrogens with one attached hydrogen (secondary N) is 1. The molecule has 1 saturated carbocycles. The standard InChI is InChI=1S/C24H27ClN2O3/c1-27(20-6-4-3-5-7-20)24(29)22(16-17-8-14-21(30-2)15-9-17)26-23(28)18-10-12-19(25)13-11-18/h8-16,20H,3-7H2,1-2H3,(H,26,28). The number of ether oxygens (including phenoxy) is 1. The molecular weight excluding hydrogens is 400 g/mol. The molecule has 0 aliphatic heterocycles. The van der Waals surface area contributed by atoms with Gasteiger partial charge in [0.25, 0.3) is 11.8 Å². The lowest BCUT2D eigenvalue weighted by molar-refractivity contribution is -0.128. The van der Waals surface area contributed by atoms with Gasteiger partial charge >= 0.3 is 0 Å². The fourth-order valence-electron chi connectivity index (χ4n) is 3.64. The normalized spacial score (nSPS) is 14.8. The summed E-state index contributed by atoms with van der Waals surface area (Å²) in [4.78, 5) is 27.8. The van der Waals surface area contributed by atoms with Gasteiger partial charge < -0.3 is 15.0 Å². The molecule has 2 aromatic rings. The smallest absolute Gasteiger partial charge is 0.270 e. The Hall–Kier alpha value is -2.79. The Morgan fingerprint density at radius 1 is 1.03 bits per heavy atom. The molecule has 3 rings (SSSR count). The Labute approximate surface area is 182 Å². The van der Waals surface area contributed by atoms with Crippen LogP contribution in [0.5, 0.6) is 5.75 Å². The van der Waals surface area contributed by atoms with E-state index in [1.165, 1.54) is 6.42 Å². The molecule has 1 N–H and O–H groups in total. The minimum atomic E-state index is -0.350. The molecule has 0 aromatic heterocycles. The summed E-state index contributed by atoms with van der Waals surface area (Å²) in [7, 11) is 3.42. The van der Waals surface area contributed by atoms with Crippen molar-refractivity contribution in [3.05, 3.63) is 70.4 Å². The van der Waals surface area contributed by atoms with Crippen LogP contribution in [0.15, 0.2) is 54.2 Å². The molecule has 6 heteroatoms. The van der Waals surface area contributed by atoms with Crippen molar-refractivity contribution in [2.45, 2.75) is 38.1 Å². The number of nitrogens with zero attached hydrogens (tertiary/aromatic N) is 1. The Morgan fingerprint density at radius 3 is 2.27 bits per heavy atom. The molecule has 0 heterocycles. The van der Waals surface area contributed by atoms with E-state index in [9.17, 15) is 9.59 Å². The van der Waals surface area contributed by atoms with E-state index in [0.29, 0.717) is 10.6 Å². The van der Waals surface area contributed by atoms with Crippen LogP contribution in [0.1, 0.15) is 48.0 Å². The molecule has 1 aliphatic carbocycles. The fourth-order valence-corrected chi connectivity index (χ4v) is 3.76. The van der Waals surface area contributed by atoms with Gasteiger partial charge in [-0.1, -0.05) is 43.0 Å². The van der Waals surface area contributed by atoms with E-state index < -0.39 is 0 Å². The van der Waals surface area contributed by atoms with E-state index in [-0.39, 0.29) is 23.6 Å². The third-order valence-electron chi connectivity index (χ3n) is 5.45. The lowest BCUT2D eigenvalue weighted by atomic mass is 9.94. The molecule has 2 amide bonds. The van der Waals surface area contributed by atoms with Crippen LogP contribution < -0.4 is 10.1 Å². The highest BCUT2D eigenvalue weighted by molar-refractivity contribution is 6.30. The van der Waals surface area contributed by atoms with E-state index >= 15 is 0 Å². The van der Waals surface area contributed by atoms with E-state index in [1.807, 2.05) is 31.3 Å². The predicted octanol–water partition coefficient (Wildman–Crippen LogP) is 4.91. The van der Waals surface area contributed by atoms with Crippen molar-refractivity contribution in [2.24, 2.45) is 0 Å². The highest BCUT2D eigenvalue weighted by Crippen LogP contribution is 2.23. The quantitative estimate of drug-likeness (QED) is 0.667. The molecular formula is C24H27ClN2O3. The predicted molar refractivity (Wildman–Crippen MR) is 120 cm³/mol. The number of carbonyl (C=O) groups excluding carboxylic acids is 2. The number of likely N-dealkylation sites (N-methyl/N-ethyl adjacent to an activating group) is 1. The van der Waals surface area contributed by atoms with E-state index in [2.05, 4.69) is 5.32 Å². The monoisotopic (exact) mass is 426 g/mol. The largest absolute Gasteiger partial charge is 0.497 e. The average Bonchev–Trinajstić information content (AvgIpc) is 2.79. The molecule has 0 saturated heterocycles. The van der Waals surface area contributed by atoms with Crippen molar-refractivity contribution in [3.63, 3.8) is 0 Å². The van der Waals surface area contributed by atoms with Crippen molar-refractivity contribution in [3.8, 4) is 5.75 Å². The maximum absolute atomic E-state index is 13.3. The zero-order chi connectivity index (χ0) is 21.5. The second-order valence-electron chi connectivity index (χ2n) is 7.50. The number of benzene rings is 2. The zero-order valence-corrected chi connectivity index (χ0v) is 18.1. The van der Waals surface area contributed by atoms with Gasteiger partial charge in [0, 0.05) is 23.7 Å². The van der Waals surface area contributed by atoms with Crippen molar-refractivity contribution in [1.82, 2.24) is 10.2 Å². The number of methoxy groups -OCH3 is 1. The van der Waals surface area contributed by atoms with Gasteiger partial charge in [-0.2, -0.15) is 0 Å². The Balaban J connectivity index is 1.86. The Kier molecular flexibility index (Phi) is 7.52. The number of halogens is 1. The lowest BCUT2D eigenvalue weighted by Gasteiger charge is -2.32. The second kappa shape index (κ2) is 10.3. The minimum absolute atomic E-state index is 0.193. The molecule has 0 spiro atoms. The molecule has 30 heavy (non-hydrogen) atoms. The minimum Gasteiger partial charge on any atom is -0.497 e. The Morgan fingerprint density at radius 2 is 1.67 bits per heavy atom. The molecule has 0 atom stereocenters. The average molecular weight is 427 g/mol. The molecule has 5 nitrogen and oxygen atoms in total. The zero-order valence-electron chi connectivity index (χ0n) is 17.4. The first-order chi connectivity index (χ1) is 14.5. The van der Waals surface area contributed by atoms with Crippen LogP contribution >= 0.6 is 11.6 Å². The molecule has 0 bridgehead atoms. The van der Waals surface area contributed by atoms with Gasteiger partial charge in [-0.05, 0) is 60.9 Å². The fraction of sp³-hybridized carbons (Fsp3) is 0.333. The van der Waals surface area contributed by atoms with E-state index in [4.69, 9.17) is 16.3 Å². The molecule has 0 unspecified atom stereocenters. The van der Waals surface area contributed by atoms with Gasteiger partial charge in [-0.25, -0.2) is 0 Å². The van der Waals surface area contributed by atoms with Crippen LogP contribution in [0.2, 0.25) is 5.02 Å². The number of carbonyl (C=O) groups is 2. The first-order valence-corrected chi connectivity index (χ1v) is 10.6. The SMILES string of the molecule is COc1ccc(C=C(NC(=O)c2ccc(Cl)cc2)C(=O)N(C)C2CCCCC2)cc1. The summed E-state index contributed by atoms with van der Waals surface area (Å²) in [5.74, 6) is 0.182. The van der Waals surface area contributed by atoms with Crippen LogP contribution in [0.3, 0.4) is 0 Å². The number of rotatable bonds is 6. The summed E-state index contributed by atoms with van der Waals surface area (Å²) in [6.07, 6.45) is 7.13. The second-order valence-corrected chi connectivity index (χ2v) is 7.94. The highest BCUT2D eigenvalue weighted by Gasteiger charge is 2.25. The lowest BCUT2D eigenvalue weighted by Crippen LogP contribution is -2.42. The molecule has 158 valence electrons. The van der Waals surface area contributed by atoms with Gasteiger partial charge in [0.1, 0.15) is 11.4 Å². The van der Waals surface area contributed by atoms with Crippen molar-refractivity contribution < 1.29 is 14.3 Å². The molecule has 0 radical (unpaired) electrons. The van der Waals surface area contributed by atoms with Crippen LogP contribution in [0.4, 0.5) is 0 Å². The first-order valence-electron chi connectivity index (χ1n) is 10.2. The summed E-state index contributed by atoms with van der Waals surface area (Å²) < 4.78 is 5.19. The van der Waals surface area contributed by atoms with Crippen molar-refractivity contribution >= 4 is 29.5 Å². The summed E-state index contributed by atoms with van der Waals surface area (Å²) in [5.41, 5.74) is 1.48. The first kappa shape index (κ1) is 21.9. The van der Waals surface area contributed by atoms with Crippen LogP contribution in [-0.2, 0) is 4.79 Å². The molecule has 2 aromatic carbocycles. The Bertz CT molecular complexity index is 901. The van der Waals surface area contributed by atoms with Crippen LogP contribution in [0.25, 0.3) is 6.08 Å². The molecule has 1 aliphatic rings. The summed E-state index contributed by atoms with van der Waals surface area (Å²) in [5, 5.41) is 3.36. The van der Waals surface area contributed by atoms with E-state index in [0.717, 1.165) is 37.0 Å². The van der Waals surface area contributed by atoms with Gasteiger partial charge in [0.2, 0.25) is 0 Å². The third-order valence-corrected chi connectivity index (χ3v) is 5.71. The van der Waals surface area contributed by atoms with Crippen molar-refractivity contribution in [2.75, 3.05) is 14.2 Å². The van der Waals surface area contributed by atoms with Gasteiger partial charge in [0.15, 0.2) is 0 Å². The third kappa shape index (κ3) is 5.63. The van der Waals surface area contributed by atoms with Crippen LogP contribution in [0, 0.1) is 0 Å². The van der Waals surface area contributed by atoms with Gasteiger partial charge in [-0.3, -0.25) is 9.59 Å². The van der Waals surface area contributed by atoms with Gasteiger partial charge in [0.05, 0.1) is 7.11 Å². The number of amides is 2. The number of hydrogen-bond donors (Lipinski definition) is 1. The topological polar surface area (TPSA) is 58.6 Å². The summed E-state index contributed by atoms with van der Waals surface area (Å²) in [6.45, 7) is 0. The summed E-state index contributed by atoms with van der Waals surface area (Å²) >= 11 is 5.92. The number of hydrogen-bond acceptors (Lipinski definition) is 3. The van der Waals surface area contributed by atoms with Crippen LogP contribution in [-0.4, -0.2) is 36.9 Å². The molecule has 1 fully saturated rings. The highest BCUT2D eigenvalue weighted by atomic mass is 35.5.